The van der Waals surface area contributed by atoms with Crippen molar-refractivity contribution in [2.24, 2.45) is 17.6 Å². The van der Waals surface area contributed by atoms with Gasteiger partial charge >= 0.3 is 6.03 Å². The van der Waals surface area contributed by atoms with E-state index in [0.717, 1.165) is 12.8 Å². The van der Waals surface area contributed by atoms with Crippen molar-refractivity contribution in [3.05, 3.63) is 45.9 Å². The Bertz CT molecular complexity index is 1450. The molecule has 0 aromatic heterocycles. The van der Waals surface area contributed by atoms with Crippen LogP contribution >= 0.6 is 0 Å². The number of hydrogen-bond acceptors (Lipinski definition) is 10. The standard InChI is InChI=1S/C28H34N4O9/c1-10-6-5-9-32(10)27(40)30-13-8-7-12-11(2)14-16(21(34)15(12)20(13)33)24(37)28(41)18(22(14)35)19(31(3)4)23(36)17(25(28)38)26(29)39/h7-8,10-11,14,18-19,22,33,35-37,41H,5-6,9H2,1-4H3,(H2,29,39)(H,30,40)/t10-,11?,14?,18?,19?,22?,28?/m0/s1. The van der Waals surface area contributed by atoms with Crippen LogP contribution in [-0.2, 0) is 9.59 Å². The number of likely N-dealkylation sites (N-methyl/N-ethyl adjacent to an activating group) is 1. The monoisotopic (exact) mass is 570 g/mol. The summed E-state index contributed by atoms with van der Waals surface area (Å²) in [6, 6.07) is 1.17. The minimum atomic E-state index is -2.99. The lowest BCUT2D eigenvalue weighted by Crippen LogP contribution is -2.68. The molecule has 1 saturated heterocycles. The highest BCUT2D eigenvalue weighted by Crippen LogP contribution is 2.56. The van der Waals surface area contributed by atoms with E-state index < -0.39 is 87.4 Å². The smallest absolute Gasteiger partial charge is 0.322 e. The minimum absolute atomic E-state index is 0.00509. The van der Waals surface area contributed by atoms with Gasteiger partial charge in [-0.25, -0.2) is 4.79 Å². The Morgan fingerprint density at radius 2 is 1.80 bits per heavy atom. The molecular weight excluding hydrogens is 536 g/mol. The number of carbonyl (C=O) groups is 4. The van der Waals surface area contributed by atoms with Crippen molar-refractivity contribution >= 4 is 29.2 Å². The fourth-order valence-electron chi connectivity index (χ4n) is 7.15. The molecule has 0 bridgehead atoms. The zero-order valence-corrected chi connectivity index (χ0v) is 23.1. The van der Waals surface area contributed by atoms with Gasteiger partial charge in [0.2, 0.25) is 5.78 Å². The normalized spacial score (nSPS) is 33.1. The third kappa shape index (κ3) is 3.79. The first-order valence-corrected chi connectivity index (χ1v) is 13.4. The molecule has 3 amide bonds. The number of aliphatic hydroxyl groups excluding tert-OH is 3. The summed E-state index contributed by atoms with van der Waals surface area (Å²) in [6.45, 7) is 4.08. The van der Waals surface area contributed by atoms with Crippen LogP contribution < -0.4 is 11.1 Å². The van der Waals surface area contributed by atoms with E-state index >= 15 is 0 Å². The minimum Gasteiger partial charge on any atom is -0.510 e. The molecule has 1 aromatic carbocycles. The molecule has 13 nitrogen and oxygen atoms in total. The number of ketones is 2. The van der Waals surface area contributed by atoms with E-state index in [9.17, 15) is 44.7 Å². The highest BCUT2D eigenvalue weighted by Gasteiger charge is 2.67. The zero-order chi connectivity index (χ0) is 30.3. The molecule has 4 aliphatic rings. The molecule has 1 aromatic rings. The summed E-state index contributed by atoms with van der Waals surface area (Å²) in [6.07, 6.45) is -0.0120. The summed E-state index contributed by atoms with van der Waals surface area (Å²) in [5, 5.41) is 59.5. The number of amides is 3. The van der Waals surface area contributed by atoms with E-state index in [4.69, 9.17) is 5.73 Å². The van der Waals surface area contributed by atoms with Crippen molar-refractivity contribution in [2.45, 2.75) is 56.4 Å². The number of urea groups is 1. The van der Waals surface area contributed by atoms with Crippen molar-refractivity contribution < 1.29 is 44.7 Å². The number of hydrogen-bond donors (Lipinski definition) is 7. The SMILES string of the molecule is CC1c2ccc(NC(=O)N3CCC[C@@H]3C)c(O)c2C(=O)C2=C(O)C3(O)C(=O)C(C(N)=O)=C(O)C(N(C)C)C3C(O)C21. The Kier molecular flexibility index (Phi) is 6.67. The number of phenolic OH excluding ortho intramolecular Hbond substituents is 1. The molecule has 3 aliphatic carbocycles. The maximum atomic E-state index is 13.9. The van der Waals surface area contributed by atoms with Gasteiger partial charge in [0.1, 0.15) is 17.1 Å². The van der Waals surface area contributed by atoms with Crippen LogP contribution in [0, 0.1) is 11.8 Å². The van der Waals surface area contributed by atoms with Gasteiger partial charge < -0.3 is 41.5 Å². The molecule has 8 N–H and O–H groups in total. The highest BCUT2D eigenvalue weighted by atomic mass is 16.4. The largest absolute Gasteiger partial charge is 0.510 e. The number of fused-ring (bicyclic) bond motifs is 3. The number of aliphatic hydroxyl groups is 4. The second-order valence-electron chi connectivity index (χ2n) is 11.6. The summed E-state index contributed by atoms with van der Waals surface area (Å²) in [5.41, 5.74) is 0.875. The molecule has 220 valence electrons. The number of likely N-dealkylation sites (tertiary alicyclic amines) is 1. The van der Waals surface area contributed by atoms with Gasteiger partial charge in [-0.2, -0.15) is 0 Å². The summed E-state index contributed by atoms with van der Waals surface area (Å²) in [4.78, 5) is 55.4. The summed E-state index contributed by atoms with van der Waals surface area (Å²) in [5.74, 6) is -9.71. The second-order valence-corrected chi connectivity index (χ2v) is 11.6. The fraction of sp³-hybridized carbons (Fsp3) is 0.500. The number of aromatic hydroxyl groups is 1. The maximum absolute atomic E-state index is 13.9. The molecule has 0 spiro atoms. The predicted molar refractivity (Wildman–Crippen MR) is 144 cm³/mol. The number of Topliss-reactive ketones (excluding diaryl/α,β-unsaturated/α-hetero) is 2. The van der Waals surface area contributed by atoms with Gasteiger partial charge in [-0.15, -0.1) is 0 Å². The van der Waals surface area contributed by atoms with Crippen molar-refractivity contribution in [3.63, 3.8) is 0 Å². The number of nitrogens with zero attached hydrogens (tertiary/aromatic N) is 2. The lowest BCUT2D eigenvalue weighted by molar-refractivity contribution is -0.162. The molecule has 13 heteroatoms. The number of nitrogens with one attached hydrogen (secondary N) is 1. The lowest BCUT2D eigenvalue weighted by Gasteiger charge is -2.53. The molecule has 41 heavy (non-hydrogen) atoms. The summed E-state index contributed by atoms with van der Waals surface area (Å²) >= 11 is 0. The van der Waals surface area contributed by atoms with Gasteiger partial charge in [-0.1, -0.05) is 13.0 Å². The average Bonchev–Trinajstić information content (AvgIpc) is 3.33. The highest BCUT2D eigenvalue weighted by molar-refractivity contribution is 6.25. The molecule has 7 atom stereocenters. The molecule has 1 fully saturated rings. The van der Waals surface area contributed by atoms with Gasteiger partial charge in [0.25, 0.3) is 5.91 Å². The van der Waals surface area contributed by atoms with E-state index in [0.29, 0.717) is 12.1 Å². The summed E-state index contributed by atoms with van der Waals surface area (Å²) in [7, 11) is 2.94. The number of primary amides is 1. The van der Waals surface area contributed by atoms with E-state index in [1.807, 2.05) is 6.92 Å². The van der Waals surface area contributed by atoms with Crippen molar-refractivity contribution in [3.8, 4) is 5.75 Å². The van der Waals surface area contributed by atoms with Gasteiger partial charge in [-0.05, 0) is 51.4 Å². The van der Waals surface area contributed by atoms with Crippen LogP contribution in [0.3, 0.4) is 0 Å². The molecule has 0 saturated carbocycles. The Morgan fingerprint density at radius 3 is 2.37 bits per heavy atom. The number of anilines is 1. The Balaban J connectivity index is 1.66. The Labute approximate surface area is 235 Å². The Morgan fingerprint density at radius 1 is 1.15 bits per heavy atom. The van der Waals surface area contributed by atoms with Crippen LogP contribution in [-0.4, -0.2) is 103 Å². The van der Waals surface area contributed by atoms with Gasteiger partial charge in [-0.3, -0.25) is 19.3 Å². The molecule has 0 radical (unpaired) electrons. The number of benzene rings is 1. The van der Waals surface area contributed by atoms with E-state index in [1.165, 1.54) is 31.1 Å². The topological polar surface area (TPSA) is 214 Å². The van der Waals surface area contributed by atoms with Crippen LogP contribution in [0.15, 0.2) is 34.8 Å². The fourth-order valence-corrected chi connectivity index (χ4v) is 7.15. The molecule has 1 heterocycles. The lowest BCUT2D eigenvalue weighted by atomic mass is 9.55. The maximum Gasteiger partial charge on any atom is 0.322 e. The van der Waals surface area contributed by atoms with Crippen LogP contribution in [0.25, 0.3) is 0 Å². The number of nitrogens with two attached hydrogens (primary N) is 1. The van der Waals surface area contributed by atoms with Gasteiger partial charge in [0, 0.05) is 24.1 Å². The first-order valence-electron chi connectivity index (χ1n) is 13.4. The van der Waals surface area contributed by atoms with Crippen molar-refractivity contribution in [1.29, 1.82) is 0 Å². The van der Waals surface area contributed by atoms with Crippen LogP contribution in [0.2, 0.25) is 0 Å². The molecule has 5 rings (SSSR count). The number of carbonyl (C=O) groups excluding carboxylic acids is 4. The molecule has 1 aliphatic heterocycles. The Hall–Kier alpha value is -3.94. The number of phenols is 1. The number of rotatable bonds is 3. The van der Waals surface area contributed by atoms with E-state index in [2.05, 4.69) is 5.32 Å². The molecular formula is C28H34N4O9. The first kappa shape index (κ1) is 28.6. The summed E-state index contributed by atoms with van der Waals surface area (Å²) < 4.78 is 0. The van der Waals surface area contributed by atoms with E-state index in [1.54, 1.807) is 11.8 Å². The van der Waals surface area contributed by atoms with Crippen LogP contribution in [0.4, 0.5) is 10.5 Å². The second kappa shape index (κ2) is 9.57. The van der Waals surface area contributed by atoms with Crippen LogP contribution in [0.5, 0.6) is 5.75 Å². The average molecular weight is 571 g/mol. The first-order chi connectivity index (χ1) is 19.2. The van der Waals surface area contributed by atoms with Gasteiger partial charge in [0.05, 0.1) is 29.3 Å². The van der Waals surface area contributed by atoms with Crippen LogP contribution in [0.1, 0.15) is 48.5 Å². The van der Waals surface area contributed by atoms with Gasteiger partial charge in [0.15, 0.2) is 17.1 Å². The predicted octanol–water partition coefficient (Wildman–Crippen LogP) is 0.669. The van der Waals surface area contributed by atoms with Crippen molar-refractivity contribution in [2.75, 3.05) is 26.0 Å². The van der Waals surface area contributed by atoms with E-state index in [-0.39, 0.29) is 17.3 Å². The quantitative estimate of drug-likeness (QED) is 0.199. The van der Waals surface area contributed by atoms with Crippen molar-refractivity contribution in [1.82, 2.24) is 9.80 Å². The third-order valence-corrected chi connectivity index (χ3v) is 9.19. The molecule has 6 unspecified atom stereocenters. The third-order valence-electron chi connectivity index (χ3n) is 9.19. The zero-order valence-electron chi connectivity index (χ0n) is 23.1.